The zero-order valence-electron chi connectivity index (χ0n) is 12.1. The van der Waals surface area contributed by atoms with Gasteiger partial charge in [-0.1, -0.05) is 30.3 Å². The Morgan fingerprint density at radius 1 is 1.17 bits per heavy atom. The van der Waals surface area contributed by atoms with Crippen LogP contribution in [-0.4, -0.2) is 22.6 Å². The predicted octanol–water partition coefficient (Wildman–Crippen LogP) is 1.26. The first-order valence-corrected chi connectivity index (χ1v) is 7.03. The predicted molar refractivity (Wildman–Crippen MR) is 80.0 cm³/mol. The molecule has 1 aliphatic rings. The molecule has 2 heterocycles. The van der Waals surface area contributed by atoms with Gasteiger partial charge in [-0.15, -0.1) is 0 Å². The number of carboxylic acid groups (broad SMARTS) is 1. The number of carboxylic acids is 1. The molecule has 6 nitrogen and oxygen atoms in total. The van der Waals surface area contributed by atoms with Gasteiger partial charge in [0.25, 0.3) is 5.91 Å². The van der Waals surface area contributed by atoms with Gasteiger partial charge in [0.05, 0.1) is 17.9 Å². The van der Waals surface area contributed by atoms with E-state index in [0.29, 0.717) is 18.3 Å². The molecule has 1 aromatic carbocycles. The number of furan rings is 1. The molecule has 0 bridgehead atoms. The van der Waals surface area contributed by atoms with Gasteiger partial charge in [-0.25, -0.2) is 5.01 Å². The van der Waals surface area contributed by atoms with Crippen molar-refractivity contribution in [2.24, 2.45) is 5.10 Å². The Bertz CT molecular complexity index is 763. The summed E-state index contributed by atoms with van der Waals surface area (Å²) in [4.78, 5) is 22.7. The molecule has 116 valence electrons. The first-order chi connectivity index (χ1) is 11.1. The fraction of sp³-hybridized carbons (Fsp3) is 0.118. The Labute approximate surface area is 132 Å². The van der Waals surface area contributed by atoms with Gasteiger partial charge in [-0.3, -0.25) is 4.79 Å². The van der Waals surface area contributed by atoms with Crippen LogP contribution in [0.1, 0.15) is 23.8 Å². The van der Waals surface area contributed by atoms with E-state index < -0.39 is 17.9 Å². The summed E-state index contributed by atoms with van der Waals surface area (Å²) in [5.74, 6) is -1.38. The van der Waals surface area contributed by atoms with E-state index in [0.717, 1.165) is 17.4 Å². The second-order valence-corrected chi connectivity index (χ2v) is 4.98. The minimum atomic E-state index is -1.43. The van der Waals surface area contributed by atoms with E-state index in [1.165, 1.54) is 11.3 Å². The zero-order valence-corrected chi connectivity index (χ0v) is 12.1. The standard InChI is InChI=1S/C17H14N2O4/c20-16(8-9-17(21)22)19-14(15-7-4-10-23-15)11-13(18-19)12-5-2-1-3-6-12/h1-10,14H,11H2,(H,21,22)/p-1/t14-/m0/s1. The van der Waals surface area contributed by atoms with Crippen LogP contribution in [0.3, 0.4) is 0 Å². The quantitative estimate of drug-likeness (QED) is 0.796. The van der Waals surface area contributed by atoms with Gasteiger partial charge in [0.15, 0.2) is 0 Å². The number of amides is 1. The van der Waals surface area contributed by atoms with Crippen LogP contribution in [0.25, 0.3) is 0 Å². The van der Waals surface area contributed by atoms with Gasteiger partial charge in [0.1, 0.15) is 11.8 Å². The normalized spacial score (nSPS) is 17.5. The van der Waals surface area contributed by atoms with Crippen molar-refractivity contribution in [3.05, 3.63) is 72.2 Å². The number of nitrogens with zero attached hydrogens (tertiary/aromatic N) is 2. The Balaban J connectivity index is 1.92. The van der Waals surface area contributed by atoms with Crippen molar-refractivity contribution in [1.29, 1.82) is 0 Å². The van der Waals surface area contributed by atoms with Crippen molar-refractivity contribution in [3.8, 4) is 0 Å². The Kier molecular flexibility index (Phi) is 4.05. The second-order valence-electron chi connectivity index (χ2n) is 4.98. The molecular formula is C17H13N2O4-. The molecule has 0 radical (unpaired) electrons. The SMILES string of the molecule is O=C([O-])C=CC(=O)N1N=C(c2ccccc2)C[C@H]1c1ccco1. The van der Waals surface area contributed by atoms with Gasteiger partial charge in [0.2, 0.25) is 0 Å². The van der Waals surface area contributed by atoms with E-state index in [9.17, 15) is 14.7 Å². The first kappa shape index (κ1) is 14.8. The van der Waals surface area contributed by atoms with Gasteiger partial charge >= 0.3 is 0 Å². The minimum Gasteiger partial charge on any atom is -0.545 e. The summed E-state index contributed by atoms with van der Waals surface area (Å²) < 4.78 is 5.39. The van der Waals surface area contributed by atoms with Crippen LogP contribution in [0.5, 0.6) is 0 Å². The molecule has 0 spiro atoms. The molecule has 0 unspecified atom stereocenters. The maximum absolute atomic E-state index is 12.2. The molecule has 2 aromatic rings. The molecule has 0 saturated carbocycles. The van der Waals surface area contributed by atoms with E-state index in [1.54, 1.807) is 12.1 Å². The fourth-order valence-corrected chi connectivity index (χ4v) is 2.44. The number of hydrogen-bond acceptors (Lipinski definition) is 5. The van der Waals surface area contributed by atoms with Gasteiger partial charge < -0.3 is 14.3 Å². The summed E-state index contributed by atoms with van der Waals surface area (Å²) in [6, 6.07) is 12.6. The molecule has 1 atom stereocenters. The molecule has 3 rings (SSSR count). The summed E-state index contributed by atoms with van der Waals surface area (Å²) in [5, 5.41) is 16.1. The van der Waals surface area contributed by atoms with Crippen molar-refractivity contribution in [1.82, 2.24) is 5.01 Å². The highest BCUT2D eigenvalue weighted by molar-refractivity contribution is 6.04. The smallest absolute Gasteiger partial charge is 0.267 e. The monoisotopic (exact) mass is 309 g/mol. The molecule has 0 fully saturated rings. The van der Waals surface area contributed by atoms with Crippen molar-refractivity contribution >= 4 is 17.6 Å². The number of aliphatic carboxylic acids is 1. The highest BCUT2D eigenvalue weighted by atomic mass is 16.4. The third kappa shape index (κ3) is 3.21. The number of hydrogen-bond donors (Lipinski definition) is 0. The molecule has 1 amide bonds. The van der Waals surface area contributed by atoms with Crippen molar-refractivity contribution < 1.29 is 19.1 Å². The number of rotatable bonds is 4. The maximum Gasteiger partial charge on any atom is 0.267 e. The Hall–Kier alpha value is -3.15. The van der Waals surface area contributed by atoms with Gasteiger partial charge in [0, 0.05) is 12.5 Å². The maximum atomic E-state index is 12.2. The lowest BCUT2D eigenvalue weighted by atomic mass is 10.0. The number of carbonyl (C=O) groups is 2. The van der Waals surface area contributed by atoms with E-state index in [2.05, 4.69) is 5.10 Å². The lowest BCUT2D eigenvalue weighted by molar-refractivity contribution is -0.297. The molecular weight excluding hydrogens is 296 g/mol. The lowest BCUT2D eigenvalue weighted by Gasteiger charge is -2.18. The second kappa shape index (κ2) is 6.31. The highest BCUT2D eigenvalue weighted by Gasteiger charge is 2.33. The van der Waals surface area contributed by atoms with Crippen molar-refractivity contribution in [2.75, 3.05) is 0 Å². The molecule has 0 aliphatic carbocycles. The van der Waals surface area contributed by atoms with Gasteiger partial charge in [-0.05, 0) is 23.8 Å². The van der Waals surface area contributed by atoms with E-state index in [-0.39, 0.29) is 0 Å². The molecule has 1 aliphatic heterocycles. The van der Waals surface area contributed by atoms with Crippen molar-refractivity contribution in [2.45, 2.75) is 12.5 Å². The van der Waals surface area contributed by atoms with Gasteiger partial charge in [-0.2, -0.15) is 5.10 Å². The first-order valence-electron chi connectivity index (χ1n) is 7.03. The highest BCUT2D eigenvalue weighted by Crippen LogP contribution is 2.33. The molecule has 1 aromatic heterocycles. The Morgan fingerprint density at radius 3 is 2.61 bits per heavy atom. The lowest BCUT2D eigenvalue weighted by Crippen LogP contribution is -2.26. The van der Waals surface area contributed by atoms with E-state index in [4.69, 9.17) is 4.42 Å². The van der Waals surface area contributed by atoms with Crippen LogP contribution < -0.4 is 5.11 Å². The Morgan fingerprint density at radius 2 is 1.96 bits per heavy atom. The average Bonchev–Trinajstić information content (AvgIpc) is 3.22. The van der Waals surface area contributed by atoms with Crippen LogP contribution in [0.15, 0.2) is 70.4 Å². The largest absolute Gasteiger partial charge is 0.545 e. The van der Waals surface area contributed by atoms with E-state index >= 15 is 0 Å². The number of hydrazone groups is 1. The van der Waals surface area contributed by atoms with Crippen LogP contribution >= 0.6 is 0 Å². The third-order valence-corrected chi connectivity index (χ3v) is 3.48. The van der Waals surface area contributed by atoms with E-state index in [1.807, 2.05) is 30.3 Å². The summed E-state index contributed by atoms with van der Waals surface area (Å²) in [7, 11) is 0. The summed E-state index contributed by atoms with van der Waals surface area (Å²) in [6.45, 7) is 0. The summed E-state index contributed by atoms with van der Waals surface area (Å²) in [5.41, 5.74) is 1.64. The number of benzene rings is 1. The summed E-state index contributed by atoms with van der Waals surface area (Å²) >= 11 is 0. The van der Waals surface area contributed by atoms with Crippen LogP contribution in [0, 0.1) is 0 Å². The molecule has 0 N–H and O–H groups in total. The molecule has 0 saturated heterocycles. The zero-order chi connectivity index (χ0) is 16.2. The third-order valence-electron chi connectivity index (χ3n) is 3.48. The van der Waals surface area contributed by atoms with Crippen LogP contribution in [0.2, 0.25) is 0 Å². The average molecular weight is 309 g/mol. The summed E-state index contributed by atoms with van der Waals surface area (Å²) in [6.07, 6.45) is 3.64. The molecule has 6 heteroatoms. The minimum absolute atomic E-state index is 0.404. The number of carbonyl (C=O) groups excluding carboxylic acids is 2. The topological polar surface area (TPSA) is 85.9 Å². The molecule has 23 heavy (non-hydrogen) atoms. The fourth-order valence-electron chi connectivity index (χ4n) is 2.44. The van der Waals surface area contributed by atoms with Crippen LogP contribution in [-0.2, 0) is 9.59 Å². The van der Waals surface area contributed by atoms with Crippen LogP contribution in [0.4, 0.5) is 0 Å². The van der Waals surface area contributed by atoms with Crippen molar-refractivity contribution in [3.63, 3.8) is 0 Å².